The lowest BCUT2D eigenvalue weighted by atomic mass is 9.98. The summed E-state index contributed by atoms with van der Waals surface area (Å²) in [5.41, 5.74) is 11.2. The Morgan fingerprint density at radius 1 is 0.812 bits per heavy atom. The molecule has 358 valence electrons. The van der Waals surface area contributed by atoms with E-state index in [0.29, 0.717) is 84.2 Å². The molecule has 0 atom stereocenters. The molecule has 0 aliphatic carbocycles. The Labute approximate surface area is 402 Å². The highest BCUT2D eigenvalue weighted by Gasteiger charge is 2.21. The van der Waals surface area contributed by atoms with Crippen LogP contribution in [0.4, 0.5) is 23.3 Å². The third kappa shape index (κ3) is 11.7. The Morgan fingerprint density at radius 3 is 2.23 bits per heavy atom. The fourth-order valence-electron chi connectivity index (χ4n) is 7.89. The minimum absolute atomic E-state index is 0.106. The molecule has 1 fully saturated rings. The van der Waals surface area contributed by atoms with Gasteiger partial charge < -0.3 is 46.2 Å². The molecule has 21 heteroatoms. The Bertz CT molecular complexity index is 2940. The molecule has 1 aliphatic rings. The number of amides is 3. The fraction of sp³-hybridized carbons (Fsp3) is 0.312. The lowest BCUT2D eigenvalue weighted by Crippen LogP contribution is -2.31. The molecule has 8 rings (SSSR count). The van der Waals surface area contributed by atoms with Crippen LogP contribution in [0, 0.1) is 6.92 Å². The number of pyridine rings is 2. The molecule has 0 saturated carbocycles. The Morgan fingerprint density at radius 2 is 1.51 bits per heavy atom. The molecule has 0 spiro atoms. The maximum absolute atomic E-state index is 13.6. The van der Waals surface area contributed by atoms with E-state index in [-0.39, 0.29) is 41.4 Å². The standard InChI is InChI=1S/C48H53ClN14O6/c1-29-32(33-12-8-14-35(42(33)49)57-45(66)37-24-40(68-3)31(27-55-37)28-62-20-5-4-6-21-62)11-7-13-34(29)56-44(65)36-23-39(67-2)30(26-54-36)25-51-18-19-52-41(64)16-9-17-53-47-59-46(50)63-48(60-47)58-43(61-63)38-15-10-22-69-38/h7-8,10-15,22-24,26-27,51H,4-6,9,16-21,25,28H2,1-3H3,(H,52,64)(H,56,65)(H,57,66)(H3,50,53,58,59,60,61). The van der Waals surface area contributed by atoms with Gasteiger partial charge in [-0.3, -0.25) is 29.3 Å². The number of nitrogen functional groups attached to an aromatic ring is 1. The predicted molar refractivity (Wildman–Crippen MR) is 261 cm³/mol. The zero-order chi connectivity index (χ0) is 48.3. The van der Waals surface area contributed by atoms with Crippen LogP contribution in [0.25, 0.3) is 28.5 Å². The first kappa shape index (κ1) is 47.8. The summed E-state index contributed by atoms with van der Waals surface area (Å²) >= 11 is 6.96. The number of nitrogens with two attached hydrogens (primary N) is 1. The minimum atomic E-state index is -0.435. The number of nitrogens with zero attached hydrogens (tertiary/aromatic N) is 8. The van der Waals surface area contributed by atoms with Crippen molar-refractivity contribution in [1.82, 2.24) is 50.1 Å². The van der Waals surface area contributed by atoms with Crippen LogP contribution < -0.4 is 41.8 Å². The van der Waals surface area contributed by atoms with Gasteiger partial charge in [-0.05, 0) is 74.7 Å². The van der Waals surface area contributed by atoms with Gasteiger partial charge in [0.05, 0.1) is 31.2 Å². The average Bonchev–Trinajstić information content (AvgIpc) is 4.06. The van der Waals surface area contributed by atoms with E-state index in [1.54, 1.807) is 62.0 Å². The van der Waals surface area contributed by atoms with Crippen LogP contribution in [0.2, 0.25) is 5.02 Å². The maximum Gasteiger partial charge on any atom is 0.274 e. The van der Waals surface area contributed by atoms with E-state index >= 15 is 0 Å². The van der Waals surface area contributed by atoms with Gasteiger partial charge in [0.25, 0.3) is 17.6 Å². The highest BCUT2D eigenvalue weighted by Crippen LogP contribution is 2.38. The molecule has 7 N–H and O–H groups in total. The SMILES string of the molecule is COc1cc(C(=O)Nc2cccc(-c3cccc(NC(=O)c4cc(OC)c(CN5CCCCC5)cn4)c3Cl)c2C)ncc1CNCCNC(=O)CCCNc1nc(N)n2nc(-c3ccco3)nc2n1. The van der Waals surface area contributed by atoms with E-state index in [2.05, 4.69) is 61.5 Å². The third-order valence-electron chi connectivity index (χ3n) is 11.5. The molecule has 2 aromatic carbocycles. The number of hydrogen-bond donors (Lipinski definition) is 6. The number of ether oxygens (including phenoxy) is 2. The van der Waals surface area contributed by atoms with Gasteiger partial charge in [-0.15, -0.1) is 5.10 Å². The normalized spacial score (nSPS) is 12.7. The summed E-state index contributed by atoms with van der Waals surface area (Å²) in [6.07, 6.45) is 9.21. The number of nitrogens with one attached hydrogen (secondary N) is 5. The second kappa shape index (κ2) is 22.4. The summed E-state index contributed by atoms with van der Waals surface area (Å²) in [7, 11) is 3.12. The quantitative estimate of drug-likeness (QED) is 0.0453. The zero-order valence-electron chi connectivity index (χ0n) is 38.5. The Balaban J connectivity index is 0.796. The second-order valence-corrected chi connectivity index (χ2v) is 16.6. The highest BCUT2D eigenvalue weighted by atomic mass is 35.5. The van der Waals surface area contributed by atoms with Gasteiger partial charge >= 0.3 is 0 Å². The molecule has 0 unspecified atom stereocenters. The molecule has 20 nitrogen and oxygen atoms in total. The molecular weight excluding hydrogens is 904 g/mol. The number of fused-ring (bicyclic) bond motifs is 1. The molecular formula is C48H53ClN14O6. The molecule has 1 saturated heterocycles. The van der Waals surface area contributed by atoms with E-state index in [1.807, 2.05) is 25.1 Å². The first-order chi connectivity index (χ1) is 33.6. The number of carbonyl (C=O) groups excluding carboxylic acids is 3. The Kier molecular flexibility index (Phi) is 15.5. The van der Waals surface area contributed by atoms with Gasteiger partial charge in [0.2, 0.25) is 23.6 Å². The van der Waals surface area contributed by atoms with Crippen LogP contribution in [0.3, 0.4) is 0 Å². The van der Waals surface area contributed by atoms with Crippen molar-refractivity contribution < 1.29 is 28.3 Å². The Hall–Kier alpha value is -7.68. The van der Waals surface area contributed by atoms with Gasteiger partial charge in [-0.1, -0.05) is 42.3 Å². The smallest absolute Gasteiger partial charge is 0.274 e. The molecule has 0 bridgehead atoms. The highest BCUT2D eigenvalue weighted by molar-refractivity contribution is 6.36. The zero-order valence-corrected chi connectivity index (χ0v) is 39.2. The number of carbonyl (C=O) groups is 3. The average molecular weight is 957 g/mol. The molecule has 3 amide bonds. The number of likely N-dealkylation sites (tertiary alicyclic amines) is 1. The number of methoxy groups -OCH3 is 2. The molecule has 7 aromatic rings. The van der Waals surface area contributed by atoms with Crippen LogP contribution in [0.15, 0.2) is 83.7 Å². The van der Waals surface area contributed by atoms with E-state index in [9.17, 15) is 14.4 Å². The van der Waals surface area contributed by atoms with Crippen LogP contribution in [-0.4, -0.2) is 104 Å². The first-order valence-electron chi connectivity index (χ1n) is 22.5. The van der Waals surface area contributed by atoms with Gasteiger partial charge in [-0.25, -0.2) is 0 Å². The summed E-state index contributed by atoms with van der Waals surface area (Å²) in [6, 6.07) is 17.6. The fourth-order valence-corrected chi connectivity index (χ4v) is 8.16. The van der Waals surface area contributed by atoms with Crippen LogP contribution in [0.1, 0.15) is 69.8 Å². The summed E-state index contributed by atoms with van der Waals surface area (Å²) < 4.78 is 17.9. The van der Waals surface area contributed by atoms with Crippen molar-refractivity contribution in [2.75, 3.05) is 68.6 Å². The van der Waals surface area contributed by atoms with E-state index in [0.717, 1.165) is 35.3 Å². The summed E-state index contributed by atoms with van der Waals surface area (Å²) in [5.74, 6) is 1.59. The van der Waals surface area contributed by atoms with Gasteiger partial charge in [0.15, 0.2) is 5.76 Å². The van der Waals surface area contributed by atoms with E-state index in [1.165, 1.54) is 37.2 Å². The van der Waals surface area contributed by atoms with Gasteiger partial charge in [-0.2, -0.15) is 19.5 Å². The number of hydrogen-bond acceptors (Lipinski definition) is 16. The van der Waals surface area contributed by atoms with Crippen molar-refractivity contribution in [3.63, 3.8) is 0 Å². The molecule has 1 aliphatic heterocycles. The number of halogens is 1. The molecule has 69 heavy (non-hydrogen) atoms. The van der Waals surface area contributed by atoms with Crippen molar-refractivity contribution in [2.45, 2.75) is 52.1 Å². The summed E-state index contributed by atoms with van der Waals surface area (Å²) in [6.45, 7) is 6.35. The monoisotopic (exact) mass is 956 g/mol. The van der Waals surface area contributed by atoms with Crippen molar-refractivity contribution >= 4 is 58.4 Å². The lowest BCUT2D eigenvalue weighted by Gasteiger charge is -2.26. The summed E-state index contributed by atoms with van der Waals surface area (Å²) in [4.78, 5) is 63.7. The summed E-state index contributed by atoms with van der Waals surface area (Å²) in [5, 5.41) is 19.8. The number of benzene rings is 2. The topological polar surface area (TPSA) is 254 Å². The number of furan rings is 1. The number of rotatable bonds is 20. The van der Waals surface area contributed by atoms with Gasteiger partial charge in [0, 0.05) is 86.0 Å². The van der Waals surface area contributed by atoms with Crippen molar-refractivity contribution in [2.24, 2.45) is 0 Å². The lowest BCUT2D eigenvalue weighted by molar-refractivity contribution is -0.121. The maximum atomic E-state index is 13.6. The number of anilines is 4. The van der Waals surface area contributed by atoms with Crippen LogP contribution in [-0.2, 0) is 17.9 Å². The van der Waals surface area contributed by atoms with Crippen molar-refractivity contribution in [3.8, 4) is 34.2 Å². The number of piperidine rings is 1. The minimum Gasteiger partial charge on any atom is -0.496 e. The van der Waals surface area contributed by atoms with Gasteiger partial charge in [0.1, 0.15) is 22.9 Å². The molecule has 0 radical (unpaired) electrons. The van der Waals surface area contributed by atoms with E-state index < -0.39 is 11.8 Å². The van der Waals surface area contributed by atoms with E-state index in [4.69, 9.17) is 31.2 Å². The number of aromatic nitrogens is 7. The molecule has 6 heterocycles. The predicted octanol–water partition coefficient (Wildman–Crippen LogP) is 6.39. The first-order valence-corrected chi connectivity index (χ1v) is 22.9. The van der Waals surface area contributed by atoms with Crippen molar-refractivity contribution in [3.05, 3.63) is 112 Å². The third-order valence-corrected chi connectivity index (χ3v) is 11.9. The van der Waals surface area contributed by atoms with Crippen molar-refractivity contribution in [1.29, 1.82) is 0 Å². The largest absolute Gasteiger partial charge is 0.496 e. The van der Waals surface area contributed by atoms with Crippen LogP contribution >= 0.6 is 11.6 Å². The second-order valence-electron chi connectivity index (χ2n) is 16.2. The molecule has 5 aromatic heterocycles. The van der Waals surface area contributed by atoms with Crippen LogP contribution in [0.5, 0.6) is 11.5 Å².